The molecule has 0 radical (unpaired) electrons. The normalized spacial score (nSPS) is 19.6. The van der Waals surface area contributed by atoms with Gasteiger partial charge < -0.3 is 15.8 Å². The van der Waals surface area contributed by atoms with Gasteiger partial charge in [-0.3, -0.25) is 9.59 Å². The van der Waals surface area contributed by atoms with Gasteiger partial charge in [0.25, 0.3) is 21.8 Å². The molecule has 2 amide bonds. The van der Waals surface area contributed by atoms with Crippen LogP contribution in [0.3, 0.4) is 0 Å². The number of hydrogen-bond donors (Lipinski definition) is 2. The summed E-state index contributed by atoms with van der Waals surface area (Å²) >= 11 is 0. The van der Waals surface area contributed by atoms with Crippen LogP contribution in [-0.2, 0) is 14.8 Å². The Morgan fingerprint density at radius 3 is 2.80 bits per heavy atom. The summed E-state index contributed by atoms with van der Waals surface area (Å²) in [6.45, 7) is 0.377. The molecule has 0 spiro atoms. The lowest BCUT2D eigenvalue weighted by atomic mass is 10.1. The van der Waals surface area contributed by atoms with E-state index < -0.39 is 21.8 Å². The number of amides is 2. The summed E-state index contributed by atoms with van der Waals surface area (Å²) in [5, 5.41) is 2.72. The van der Waals surface area contributed by atoms with Crippen molar-refractivity contribution < 1.29 is 22.7 Å². The van der Waals surface area contributed by atoms with Crippen molar-refractivity contribution in [1.29, 1.82) is 0 Å². The molecule has 1 aromatic rings. The molecule has 1 heterocycles. The van der Waals surface area contributed by atoms with E-state index in [9.17, 15) is 18.0 Å². The van der Waals surface area contributed by atoms with Gasteiger partial charge in [0, 0.05) is 25.3 Å². The lowest BCUT2D eigenvalue weighted by Gasteiger charge is -2.14. The molecule has 1 aromatic carbocycles. The van der Waals surface area contributed by atoms with Gasteiger partial charge in [0.05, 0.1) is 18.7 Å². The third-order valence-electron chi connectivity index (χ3n) is 4.49. The molecule has 8 nitrogen and oxygen atoms in total. The summed E-state index contributed by atoms with van der Waals surface area (Å²) in [5.74, 6) is -0.556. The molecule has 25 heavy (non-hydrogen) atoms. The first-order chi connectivity index (χ1) is 11.9. The second-order valence-corrected chi connectivity index (χ2v) is 8.13. The van der Waals surface area contributed by atoms with E-state index in [-0.39, 0.29) is 35.2 Å². The van der Waals surface area contributed by atoms with E-state index in [0.717, 1.165) is 17.1 Å². The number of ether oxygens (including phenoxy) is 1. The Labute approximate surface area is 146 Å². The average molecular weight is 367 g/mol. The fourth-order valence-electron chi connectivity index (χ4n) is 2.82. The number of nitrogens with one attached hydrogen (secondary N) is 1. The quantitative estimate of drug-likeness (QED) is 0.697. The molecule has 1 aliphatic heterocycles. The number of methoxy groups -OCH3 is 1. The van der Waals surface area contributed by atoms with Gasteiger partial charge in [-0.1, -0.05) is 0 Å². The van der Waals surface area contributed by atoms with E-state index >= 15 is 0 Å². The number of nitrogens with two attached hydrogens (primary N) is 1. The molecule has 0 aromatic heterocycles. The second kappa shape index (κ2) is 6.74. The Bertz CT molecular complexity index is 804. The molecule has 3 rings (SSSR count). The first-order valence-corrected chi connectivity index (χ1v) is 9.54. The Morgan fingerprint density at radius 2 is 2.16 bits per heavy atom. The van der Waals surface area contributed by atoms with E-state index in [1.165, 1.54) is 25.3 Å². The summed E-state index contributed by atoms with van der Waals surface area (Å²) in [6, 6.07) is 3.98. The smallest absolute Gasteiger partial charge is 0.269 e. The molecule has 1 fully saturated rings. The highest BCUT2D eigenvalue weighted by molar-refractivity contribution is 7.90. The van der Waals surface area contributed by atoms with E-state index in [2.05, 4.69) is 5.32 Å². The van der Waals surface area contributed by atoms with Crippen LogP contribution in [0.2, 0.25) is 0 Å². The van der Waals surface area contributed by atoms with Crippen LogP contribution in [0.4, 0.5) is 0 Å². The van der Waals surface area contributed by atoms with Crippen molar-refractivity contribution in [3.05, 3.63) is 29.3 Å². The number of carbonyl (C=O) groups excluding carboxylic acids is 2. The summed E-state index contributed by atoms with van der Waals surface area (Å²) in [5.41, 5.74) is 6.21. The molecule has 1 aliphatic carbocycles. The summed E-state index contributed by atoms with van der Waals surface area (Å²) < 4.78 is 30.7. The van der Waals surface area contributed by atoms with Crippen LogP contribution in [0.15, 0.2) is 23.1 Å². The van der Waals surface area contributed by atoms with Crippen molar-refractivity contribution in [2.45, 2.75) is 23.8 Å². The Hall–Kier alpha value is -1.97. The van der Waals surface area contributed by atoms with Gasteiger partial charge in [0.15, 0.2) is 0 Å². The van der Waals surface area contributed by atoms with Gasteiger partial charge in [-0.25, -0.2) is 12.7 Å². The lowest BCUT2D eigenvalue weighted by molar-refractivity contribution is 0.0835. The number of sulfonamides is 1. The minimum atomic E-state index is -3.96. The third kappa shape index (κ3) is 3.39. The van der Waals surface area contributed by atoms with Crippen molar-refractivity contribution in [1.82, 2.24) is 9.62 Å². The van der Waals surface area contributed by atoms with Crippen molar-refractivity contribution in [2.75, 3.05) is 26.8 Å². The fraction of sp³-hybridized carbons (Fsp3) is 0.500. The molecule has 9 heteroatoms. The minimum Gasteiger partial charge on any atom is -0.383 e. The van der Waals surface area contributed by atoms with Crippen molar-refractivity contribution >= 4 is 21.8 Å². The van der Waals surface area contributed by atoms with E-state index in [4.69, 9.17) is 10.5 Å². The largest absolute Gasteiger partial charge is 0.383 e. The monoisotopic (exact) mass is 367 g/mol. The number of rotatable bonds is 7. The summed E-state index contributed by atoms with van der Waals surface area (Å²) in [6.07, 6.45) is 2.15. The zero-order valence-electron chi connectivity index (χ0n) is 13.9. The highest BCUT2D eigenvalue weighted by Gasteiger charge is 2.41. The molecule has 136 valence electrons. The molecular weight excluding hydrogens is 346 g/mol. The lowest BCUT2D eigenvalue weighted by Crippen LogP contribution is -2.38. The van der Waals surface area contributed by atoms with Crippen LogP contribution in [-0.4, -0.2) is 57.4 Å². The standard InChI is InChI=1S/C16H21N3O5S/c1-24-7-6-19-16(21)12-5-4-11(8-14(12)25(19,22)23)15(20)18-9-13(17)10-2-3-10/h4-5,8,10,13H,2-3,6-7,9,17H2,1H3,(H,18,20). The first kappa shape index (κ1) is 17.8. The average Bonchev–Trinajstić information content (AvgIpc) is 3.41. The SMILES string of the molecule is COCCN1C(=O)c2ccc(C(=O)NCC(N)C3CC3)cc2S1(=O)=O. The third-order valence-corrected chi connectivity index (χ3v) is 6.32. The summed E-state index contributed by atoms with van der Waals surface area (Å²) in [4.78, 5) is 24.4. The summed E-state index contributed by atoms with van der Waals surface area (Å²) in [7, 11) is -2.53. The van der Waals surface area contributed by atoms with Crippen molar-refractivity contribution in [3.8, 4) is 0 Å². The van der Waals surface area contributed by atoms with Crippen molar-refractivity contribution in [2.24, 2.45) is 11.7 Å². The van der Waals surface area contributed by atoms with Gasteiger partial charge in [-0.15, -0.1) is 0 Å². The van der Waals surface area contributed by atoms with Gasteiger partial charge in [0.1, 0.15) is 4.90 Å². The predicted molar refractivity (Wildman–Crippen MR) is 89.6 cm³/mol. The molecule has 0 bridgehead atoms. The molecular formula is C16H21N3O5S. The highest BCUT2D eigenvalue weighted by atomic mass is 32.2. The number of fused-ring (bicyclic) bond motifs is 1. The number of hydrogen-bond acceptors (Lipinski definition) is 6. The molecule has 1 saturated carbocycles. The Morgan fingerprint density at radius 1 is 1.44 bits per heavy atom. The maximum Gasteiger partial charge on any atom is 0.269 e. The van der Waals surface area contributed by atoms with Crippen LogP contribution in [0, 0.1) is 5.92 Å². The minimum absolute atomic E-state index is 0.0654. The molecule has 1 unspecified atom stereocenters. The van der Waals surface area contributed by atoms with Crippen LogP contribution in [0.5, 0.6) is 0 Å². The zero-order valence-corrected chi connectivity index (χ0v) is 14.7. The molecule has 3 N–H and O–H groups in total. The van der Waals surface area contributed by atoms with E-state index in [0.29, 0.717) is 12.5 Å². The van der Waals surface area contributed by atoms with Gasteiger partial charge >= 0.3 is 0 Å². The van der Waals surface area contributed by atoms with Crippen LogP contribution in [0.25, 0.3) is 0 Å². The molecule has 1 atom stereocenters. The predicted octanol–water partition coefficient (Wildman–Crippen LogP) is -0.0554. The fourth-order valence-corrected chi connectivity index (χ4v) is 4.39. The van der Waals surface area contributed by atoms with Crippen LogP contribution in [0.1, 0.15) is 33.6 Å². The van der Waals surface area contributed by atoms with Gasteiger partial charge in [0.2, 0.25) is 0 Å². The number of nitrogens with zero attached hydrogens (tertiary/aromatic N) is 1. The molecule has 0 saturated heterocycles. The maximum absolute atomic E-state index is 12.5. The van der Waals surface area contributed by atoms with Gasteiger partial charge in [-0.05, 0) is 37.0 Å². The number of benzene rings is 1. The van der Waals surface area contributed by atoms with Crippen LogP contribution < -0.4 is 11.1 Å². The van der Waals surface area contributed by atoms with Crippen molar-refractivity contribution in [3.63, 3.8) is 0 Å². The Kier molecular flexibility index (Phi) is 4.81. The Balaban J connectivity index is 1.78. The highest BCUT2D eigenvalue weighted by Crippen LogP contribution is 2.32. The van der Waals surface area contributed by atoms with E-state index in [1.54, 1.807) is 0 Å². The van der Waals surface area contributed by atoms with E-state index in [1.807, 2.05) is 0 Å². The van der Waals surface area contributed by atoms with Crippen LogP contribution >= 0.6 is 0 Å². The zero-order chi connectivity index (χ0) is 18.2. The first-order valence-electron chi connectivity index (χ1n) is 8.10. The second-order valence-electron chi connectivity index (χ2n) is 6.30. The van der Waals surface area contributed by atoms with Gasteiger partial charge in [-0.2, -0.15) is 0 Å². The molecule has 2 aliphatic rings. The number of carbonyl (C=O) groups is 2. The topological polar surface area (TPSA) is 119 Å². The maximum atomic E-state index is 12.5.